The predicted octanol–water partition coefficient (Wildman–Crippen LogP) is 2.82. The summed E-state index contributed by atoms with van der Waals surface area (Å²) >= 11 is 3.22. The van der Waals surface area contributed by atoms with E-state index in [0.717, 1.165) is 4.47 Å². The minimum Gasteiger partial charge on any atom is -0.316 e. The summed E-state index contributed by atoms with van der Waals surface area (Å²) in [5, 5.41) is 1.70. The second-order valence-electron chi connectivity index (χ2n) is 4.57. The van der Waals surface area contributed by atoms with Crippen molar-refractivity contribution in [3.63, 3.8) is 0 Å². The zero-order valence-electron chi connectivity index (χ0n) is 10.3. The quantitative estimate of drug-likeness (QED) is 0.833. The molecule has 0 aromatic heterocycles. The molecular weight excluding hydrogens is 341 g/mol. The molecule has 1 fully saturated rings. The van der Waals surface area contributed by atoms with Gasteiger partial charge in [0.05, 0.1) is 6.54 Å². The molecule has 4 nitrogen and oxygen atoms in total. The first-order valence-electron chi connectivity index (χ1n) is 5.60. The summed E-state index contributed by atoms with van der Waals surface area (Å²) in [6, 6.07) is 5.55. The third-order valence-corrected chi connectivity index (χ3v) is 3.62. The molecule has 1 saturated heterocycles. The van der Waals surface area contributed by atoms with Crippen molar-refractivity contribution >= 4 is 27.9 Å². The molecule has 1 aliphatic rings. The van der Waals surface area contributed by atoms with Crippen molar-refractivity contribution in [3.05, 3.63) is 34.3 Å². The second kappa shape index (κ2) is 4.76. The van der Waals surface area contributed by atoms with E-state index in [4.69, 9.17) is 0 Å². The molecule has 0 radical (unpaired) electrons. The Morgan fingerprint density at radius 2 is 1.80 bits per heavy atom. The molecule has 1 heterocycles. The van der Waals surface area contributed by atoms with Crippen molar-refractivity contribution < 1.29 is 22.8 Å². The zero-order chi connectivity index (χ0) is 15.1. The molecule has 20 heavy (non-hydrogen) atoms. The Hall–Kier alpha value is -1.57. The number of urea groups is 1. The van der Waals surface area contributed by atoms with Crippen molar-refractivity contribution in [2.45, 2.75) is 25.2 Å². The Bertz CT molecular complexity index is 559. The van der Waals surface area contributed by atoms with Crippen LogP contribution in [-0.4, -0.2) is 28.6 Å². The normalized spacial score (nSPS) is 23.1. The van der Waals surface area contributed by atoms with Gasteiger partial charge in [-0.2, -0.15) is 13.2 Å². The van der Waals surface area contributed by atoms with Gasteiger partial charge in [-0.25, -0.2) is 4.79 Å². The molecular formula is C12H10BrF3N2O2. The fourth-order valence-electron chi connectivity index (χ4n) is 1.81. The lowest BCUT2D eigenvalue weighted by Crippen LogP contribution is -2.56. The van der Waals surface area contributed by atoms with Crippen LogP contribution >= 0.6 is 15.9 Å². The third kappa shape index (κ3) is 2.39. The monoisotopic (exact) mass is 350 g/mol. The maximum absolute atomic E-state index is 12.9. The van der Waals surface area contributed by atoms with E-state index in [9.17, 15) is 22.8 Å². The van der Waals surface area contributed by atoms with Crippen LogP contribution in [0.25, 0.3) is 0 Å². The molecule has 1 N–H and O–H groups in total. The zero-order valence-corrected chi connectivity index (χ0v) is 11.9. The molecule has 2 rings (SSSR count). The number of hydrogen-bond donors (Lipinski definition) is 1. The molecule has 0 saturated carbocycles. The Labute approximate surface area is 121 Å². The number of rotatable bonds is 2. The van der Waals surface area contributed by atoms with Gasteiger partial charge in [-0.3, -0.25) is 9.69 Å². The lowest BCUT2D eigenvalue weighted by molar-refractivity contribution is -0.191. The van der Waals surface area contributed by atoms with E-state index in [2.05, 4.69) is 15.9 Å². The van der Waals surface area contributed by atoms with Crippen LogP contribution in [0.2, 0.25) is 0 Å². The van der Waals surface area contributed by atoms with Gasteiger partial charge in [-0.05, 0) is 24.6 Å². The summed E-state index contributed by atoms with van der Waals surface area (Å²) < 4.78 is 39.4. The lowest BCUT2D eigenvalue weighted by atomic mass is 10.0. The first kappa shape index (κ1) is 14.8. The van der Waals surface area contributed by atoms with Crippen molar-refractivity contribution in [1.82, 2.24) is 10.2 Å². The first-order chi connectivity index (χ1) is 9.15. The van der Waals surface area contributed by atoms with Crippen LogP contribution in [0.1, 0.15) is 12.5 Å². The number of benzene rings is 1. The summed E-state index contributed by atoms with van der Waals surface area (Å²) in [6.45, 7) is 0.457. The van der Waals surface area contributed by atoms with Gasteiger partial charge in [-0.15, -0.1) is 0 Å². The van der Waals surface area contributed by atoms with Crippen LogP contribution in [0.3, 0.4) is 0 Å². The lowest BCUT2D eigenvalue weighted by Gasteiger charge is -2.24. The molecule has 1 aromatic rings. The highest BCUT2D eigenvalue weighted by atomic mass is 79.9. The third-order valence-electron chi connectivity index (χ3n) is 3.10. The number of amides is 3. The first-order valence-corrected chi connectivity index (χ1v) is 6.40. The highest BCUT2D eigenvalue weighted by molar-refractivity contribution is 9.10. The molecule has 108 valence electrons. The standard InChI is InChI=1S/C12H10BrF3N2O2/c1-11(12(14,15)16)9(19)18(10(20)17-11)6-7-2-4-8(13)5-3-7/h2-5H,6H2,1H3,(H,17,20). The number of carbonyl (C=O) groups excluding carboxylic acids is 2. The highest BCUT2D eigenvalue weighted by Gasteiger charge is 2.64. The van der Waals surface area contributed by atoms with Gasteiger partial charge in [0.1, 0.15) is 0 Å². The van der Waals surface area contributed by atoms with Gasteiger partial charge >= 0.3 is 12.2 Å². The Kier molecular flexibility index (Phi) is 3.53. The SMILES string of the molecule is CC1(C(F)(F)F)NC(=O)N(Cc2ccc(Br)cc2)C1=O. The van der Waals surface area contributed by atoms with Crippen molar-refractivity contribution in [2.75, 3.05) is 0 Å². The Morgan fingerprint density at radius 3 is 2.25 bits per heavy atom. The van der Waals surface area contributed by atoms with E-state index in [1.54, 1.807) is 29.6 Å². The summed E-state index contributed by atoms with van der Waals surface area (Å²) in [6.07, 6.45) is -4.84. The number of nitrogens with one attached hydrogen (secondary N) is 1. The molecule has 3 amide bonds. The average Bonchev–Trinajstić information content (AvgIpc) is 2.56. The number of carbonyl (C=O) groups is 2. The van der Waals surface area contributed by atoms with E-state index >= 15 is 0 Å². The molecule has 8 heteroatoms. The van der Waals surface area contributed by atoms with Gasteiger partial charge in [0, 0.05) is 4.47 Å². The minimum absolute atomic E-state index is 0.205. The van der Waals surface area contributed by atoms with Crippen LogP contribution in [-0.2, 0) is 11.3 Å². The van der Waals surface area contributed by atoms with Crippen molar-refractivity contribution in [1.29, 1.82) is 0 Å². The number of imide groups is 1. The van der Waals surface area contributed by atoms with Gasteiger partial charge in [0.15, 0.2) is 0 Å². The molecule has 0 aliphatic carbocycles. The average molecular weight is 351 g/mol. The van der Waals surface area contributed by atoms with Gasteiger partial charge in [-0.1, -0.05) is 28.1 Å². The second-order valence-corrected chi connectivity index (χ2v) is 5.49. The van der Waals surface area contributed by atoms with Gasteiger partial charge in [0.25, 0.3) is 5.91 Å². The minimum atomic E-state index is -4.84. The summed E-state index contributed by atoms with van der Waals surface area (Å²) in [4.78, 5) is 24.0. The van der Waals surface area contributed by atoms with Crippen molar-refractivity contribution in [3.8, 4) is 0 Å². The van der Waals surface area contributed by atoms with Crippen molar-refractivity contribution in [2.24, 2.45) is 0 Å². The molecule has 0 bridgehead atoms. The van der Waals surface area contributed by atoms with Crippen LogP contribution in [0.15, 0.2) is 28.7 Å². The van der Waals surface area contributed by atoms with Crippen LogP contribution in [0.5, 0.6) is 0 Å². The number of hydrogen-bond acceptors (Lipinski definition) is 2. The maximum atomic E-state index is 12.9. The van der Waals surface area contributed by atoms with E-state index < -0.39 is 23.7 Å². The summed E-state index contributed by atoms with van der Waals surface area (Å²) in [5.41, 5.74) is -2.30. The summed E-state index contributed by atoms with van der Waals surface area (Å²) in [7, 11) is 0. The van der Waals surface area contributed by atoms with Crippen LogP contribution < -0.4 is 5.32 Å². The van der Waals surface area contributed by atoms with E-state index in [-0.39, 0.29) is 6.54 Å². The van der Waals surface area contributed by atoms with Crippen LogP contribution in [0, 0.1) is 0 Å². The number of halogens is 4. The van der Waals surface area contributed by atoms with E-state index in [0.29, 0.717) is 17.4 Å². The predicted molar refractivity (Wildman–Crippen MR) is 67.7 cm³/mol. The molecule has 1 aliphatic heterocycles. The highest BCUT2D eigenvalue weighted by Crippen LogP contribution is 2.35. The Morgan fingerprint density at radius 1 is 1.25 bits per heavy atom. The summed E-state index contributed by atoms with van der Waals surface area (Å²) in [5.74, 6) is -1.29. The molecule has 1 aromatic carbocycles. The van der Waals surface area contributed by atoms with Gasteiger partial charge < -0.3 is 5.32 Å². The topological polar surface area (TPSA) is 49.4 Å². The smallest absolute Gasteiger partial charge is 0.316 e. The molecule has 0 spiro atoms. The number of nitrogens with zero attached hydrogens (tertiary/aromatic N) is 1. The fourth-order valence-corrected chi connectivity index (χ4v) is 2.07. The molecule has 1 unspecified atom stereocenters. The largest absolute Gasteiger partial charge is 0.420 e. The van der Waals surface area contributed by atoms with E-state index in [1.807, 2.05) is 0 Å². The van der Waals surface area contributed by atoms with Crippen LogP contribution in [0.4, 0.5) is 18.0 Å². The molecule has 1 atom stereocenters. The number of alkyl halides is 3. The Balaban J connectivity index is 2.24. The maximum Gasteiger partial charge on any atom is 0.420 e. The van der Waals surface area contributed by atoms with Gasteiger partial charge in [0.2, 0.25) is 5.54 Å². The van der Waals surface area contributed by atoms with E-state index in [1.165, 1.54) is 0 Å². The fraction of sp³-hybridized carbons (Fsp3) is 0.333.